The first-order chi connectivity index (χ1) is 12.3. The first-order valence-corrected chi connectivity index (χ1v) is 11.0. The number of nitrogens with zero attached hydrogens (tertiary/aromatic N) is 1. The van der Waals surface area contributed by atoms with Crippen molar-refractivity contribution < 1.29 is 13.2 Å². The van der Waals surface area contributed by atoms with Gasteiger partial charge in [0.05, 0.1) is 0 Å². The number of aryl methyl sites for hydroxylation is 3. The van der Waals surface area contributed by atoms with E-state index in [1.54, 1.807) is 6.07 Å². The number of anilines is 1. The van der Waals surface area contributed by atoms with E-state index >= 15 is 0 Å². The number of piperidine rings is 1. The van der Waals surface area contributed by atoms with E-state index in [0.717, 1.165) is 21.7 Å². The zero-order valence-corrected chi connectivity index (χ0v) is 16.9. The van der Waals surface area contributed by atoms with E-state index in [1.165, 1.54) is 15.6 Å². The summed E-state index contributed by atoms with van der Waals surface area (Å²) < 4.78 is 27.2. The van der Waals surface area contributed by atoms with Crippen molar-refractivity contribution in [3.05, 3.63) is 46.3 Å². The summed E-state index contributed by atoms with van der Waals surface area (Å²) in [6.07, 6.45) is 1.08. The molecule has 7 heteroatoms. The number of rotatable bonds is 4. The molecule has 1 aromatic carbocycles. The quantitative estimate of drug-likeness (QED) is 0.862. The molecule has 0 radical (unpaired) electrons. The molecule has 0 spiro atoms. The van der Waals surface area contributed by atoms with Crippen LogP contribution in [0.25, 0.3) is 0 Å². The minimum absolute atomic E-state index is 0.0269. The van der Waals surface area contributed by atoms with Crippen molar-refractivity contribution in [3.8, 4) is 0 Å². The number of hydrogen-bond acceptors (Lipinski definition) is 4. The van der Waals surface area contributed by atoms with Crippen LogP contribution in [0.2, 0.25) is 0 Å². The maximum absolute atomic E-state index is 12.7. The molecule has 5 nitrogen and oxygen atoms in total. The monoisotopic (exact) mass is 392 g/mol. The summed E-state index contributed by atoms with van der Waals surface area (Å²) in [5.41, 5.74) is 3.01. The van der Waals surface area contributed by atoms with Crippen molar-refractivity contribution in [2.24, 2.45) is 5.92 Å². The van der Waals surface area contributed by atoms with Crippen LogP contribution in [-0.4, -0.2) is 31.7 Å². The molecule has 0 unspecified atom stereocenters. The van der Waals surface area contributed by atoms with Gasteiger partial charge in [-0.3, -0.25) is 4.79 Å². The fourth-order valence-corrected chi connectivity index (χ4v) is 6.13. The smallest absolute Gasteiger partial charge is 0.252 e. The lowest BCUT2D eigenvalue weighted by Gasteiger charge is -2.30. The molecule has 1 amide bonds. The first kappa shape index (κ1) is 19.1. The highest BCUT2D eigenvalue weighted by molar-refractivity contribution is 7.91. The van der Waals surface area contributed by atoms with Gasteiger partial charge in [-0.25, -0.2) is 8.42 Å². The van der Waals surface area contributed by atoms with E-state index in [1.807, 2.05) is 45.0 Å². The third-order valence-corrected chi connectivity index (χ3v) is 8.14. The fraction of sp³-hybridized carbons (Fsp3) is 0.421. The Labute approximate surface area is 159 Å². The van der Waals surface area contributed by atoms with E-state index in [0.29, 0.717) is 30.1 Å². The molecule has 1 N–H and O–H groups in total. The Morgan fingerprint density at radius 2 is 1.81 bits per heavy atom. The van der Waals surface area contributed by atoms with Gasteiger partial charge < -0.3 is 5.32 Å². The maximum Gasteiger partial charge on any atom is 0.252 e. The highest BCUT2D eigenvalue weighted by Gasteiger charge is 2.32. The van der Waals surface area contributed by atoms with Crippen LogP contribution in [0, 0.1) is 26.7 Å². The molecule has 0 saturated carbocycles. The van der Waals surface area contributed by atoms with Crippen molar-refractivity contribution in [2.45, 2.75) is 37.8 Å². The summed E-state index contributed by atoms with van der Waals surface area (Å²) in [6, 6.07) is 9.41. The topological polar surface area (TPSA) is 66.5 Å². The van der Waals surface area contributed by atoms with E-state index in [4.69, 9.17) is 0 Å². The number of sulfonamides is 1. The Kier molecular flexibility index (Phi) is 5.50. The summed E-state index contributed by atoms with van der Waals surface area (Å²) in [6.45, 7) is 6.65. The molecule has 1 fully saturated rings. The van der Waals surface area contributed by atoms with Crippen LogP contribution < -0.4 is 5.32 Å². The SMILES string of the molecule is Cc1ccc(NC(=O)C2CCN(S(=O)(=O)c3ccc(C)s3)CC2)c(C)c1. The predicted octanol–water partition coefficient (Wildman–Crippen LogP) is 3.71. The molecule has 0 atom stereocenters. The van der Waals surface area contributed by atoms with Gasteiger partial charge in [0.2, 0.25) is 5.91 Å². The minimum Gasteiger partial charge on any atom is -0.326 e. The second-order valence-corrected chi connectivity index (χ2v) is 10.3. The molecule has 1 aliphatic heterocycles. The molecule has 2 heterocycles. The number of carbonyl (C=O) groups is 1. The molecule has 1 aliphatic rings. The molecule has 1 aromatic heterocycles. The normalized spacial score (nSPS) is 16.6. The van der Waals surface area contributed by atoms with Crippen LogP contribution in [0.15, 0.2) is 34.5 Å². The van der Waals surface area contributed by atoms with Crippen LogP contribution in [-0.2, 0) is 14.8 Å². The standard InChI is InChI=1S/C19H24N2O3S2/c1-13-4-6-17(14(2)12-13)20-19(22)16-8-10-21(11-9-16)26(23,24)18-7-5-15(3)25-18/h4-7,12,16H,8-11H2,1-3H3,(H,20,22). The lowest BCUT2D eigenvalue weighted by Crippen LogP contribution is -2.41. The molecular formula is C19H24N2O3S2. The van der Waals surface area contributed by atoms with E-state index in [2.05, 4.69) is 5.32 Å². The summed E-state index contributed by atoms with van der Waals surface area (Å²) in [4.78, 5) is 13.5. The second kappa shape index (κ2) is 7.50. The molecule has 2 aromatic rings. The van der Waals surface area contributed by atoms with Gasteiger partial charge in [-0.1, -0.05) is 17.7 Å². The van der Waals surface area contributed by atoms with Gasteiger partial charge in [-0.05, 0) is 57.4 Å². The van der Waals surface area contributed by atoms with Gasteiger partial charge in [0.25, 0.3) is 10.0 Å². The number of carbonyl (C=O) groups excluding carboxylic acids is 1. The Balaban J connectivity index is 1.62. The van der Waals surface area contributed by atoms with Crippen molar-refractivity contribution in [3.63, 3.8) is 0 Å². The number of nitrogens with one attached hydrogen (secondary N) is 1. The van der Waals surface area contributed by atoms with Crippen molar-refractivity contribution >= 4 is 33.0 Å². The van der Waals surface area contributed by atoms with Gasteiger partial charge in [-0.2, -0.15) is 4.31 Å². The molecule has 1 saturated heterocycles. The van der Waals surface area contributed by atoms with Gasteiger partial charge in [0.1, 0.15) is 4.21 Å². The van der Waals surface area contributed by atoms with Crippen molar-refractivity contribution in [2.75, 3.05) is 18.4 Å². The van der Waals surface area contributed by atoms with E-state index in [-0.39, 0.29) is 11.8 Å². The van der Waals surface area contributed by atoms with Crippen LogP contribution >= 0.6 is 11.3 Å². The van der Waals surface area contributed by atoms with Crippen LogP contribution in [0.4, 0.5) is 5.69 Å². The zero-order chi connectivity index (χ0) is 18.9. The summed E-state index contributed by atoms with van der Waals surface area (Å²) in [7, 11) is -3.44. The lowest BCUT2D eigenvalue weighted by atomic mass is 9.97. The molecule has 140 valence electrons. The number of amides is 1. The first-order valence-electron chi connectivity index (χ1n) is 8.72. The van der Waals surface area contributed by atoms with Gasteiger partial charge >= 0.3 is 0 Å². The molecule has 26 heavy (non-hydrogen) atoms. The molecule has 3 rings (SSSR count). The minimum atomic E-state index is -3.44. The van der Waals surface area contributed by atoms with Gasteiger partial charge in [0.15, 0.2) is 0 Å². The lowest BCUT2D eigenvalue weighted by molar-refractivity contribution is -0.120. The number of hydrogen-bond donors (Lipinski definition) is 1. The Morgan fingerprint density at radius 1 is 1.12 bits per heavy atom. The molecule has 0 aliphatic carbocycles. The second-order valence-electron chi connectivity index (χ2n) is 6.85. The van der Waals surface area contributed by atoms with E-state index < -0.39 is 10.0 Å². The maximum atomic E-state index is 12.7. The third kappa shape index (κ3) is 4.00. The highest BCUT2D eigenvalue weighted by atomic mass is 32.2. The van der Waals surface area contributed by atoms with Crippen molar-refractivity contribution in [1.82, 2.24) is 4.31 Å². The average Bonchev–Trinajstić information content (AvgIpc) is 3.05. The van der Waals surface area contributed by atoms with Crippen LogP contribution in [0.5, 0.6) is 0 Å². The third-order valence-electron chi connectivity index (χ3n) is 4.77. The summed E-state index contributed by atoms with van der Waals surface area (Å²) in [5, 5.41) is 2.99. The average molecular weight is 393 g/mol. The Hall–Kier alpha value is -1.70. The van der Waals surface area contributed by atoms with Gasteiger partial charge in [0, 0.05) is 29.6 Å². The van der Waals surface area contributed by atoms with Gasteiger partial charge in [-0.15, -0.1) is 11.3 Å². The fourth-order valence-electron chi connectivity index (χ4n) is 3.22. The zero-order valence-electron chi connectivity index (χ0n) is 15.3. The number of thiophene rings is 1. The molecule has 0 bridgehead atoms. The number of benzene rings is 1. The van der Waals surface area contributed by atoms with Crippen LogP contribution in [0.1, 0.15) is 28.8 Å². The van der Waals surface area contributed by atoms with E-state index in [9.17, 15) is 13.2 Å². The van der Waals surface area contributed by atoms with Crippen LogP contribution in [0.3, 0.4) is 0 Å². The summed E-state index contributed by atoms with van der Waals surface area (Å²) in [5.74, 6) is -0.187. The predicted molar refractivity (Wildman–Crippen MR) is 105 cm³/mol. The Bertz CT molecular complexity index is 911. The van der Waals surface area contributed by atoms with Crippen molar-refractivity contribution in [1.29, 1.82) is 0 Å². The molecular weight excluding hydrogens is 368 g/mol. The highest BCUT2D eigenvalue weighted by Crippen LogP contribution is 2.29. The largest absolute Gasteiger partial charge is 0.326 e. The Morgan fingerprint density at radius 3 is 2.38 bits per heavy atom. The summed E-state index contributed by atoms with van der Waals surface area (Å²) >= 11 is 1.29.